The largest absolute Gasteiger partial charge is 0.497 e. The van der Waals surface area contributed by atoms with Crippen LogP contribution in [-0.2, 0) is 11.3 Å². The lowest BCUT2D eigenvalue weighted by molar-refractivity contribution is -0.117. The Hall–Kier alpha value is -2.98. The quantitative estimate of drug-likeness (QED) is 0.442. The van der Waals surface area contributed by atoms with E-state index in [1.165, 1.54) is 6.08 Å². The second-order valence-corrected chi connectivity index (χ2v) is 6.74. The maximum atomic E-state index is 12.5. The Labute approximate surface area is 179 Å². The topological polar surface area (TPSA) is 80.6 Å². The molecule has 2 aromatic rings. The van der Waals surface area contributed by atoms with Crippen LogP contribution in [0, 0.1) is 11.3 Å². The van der Waals surface area contributed by atoms with Crippen molar-refractivity contribution in [3.8, 4) is 23.3 Å². The molecule has 1 N–H and O–H groups in total. The van der Waals surface area contributed by atoms with Gasteiger partial charge in [-0.1, -0.05) is 28.1 Å². The van der Waals surface area contributed by atoms with Crippen LogP contribution in [0.3, 0.4) is 0 Å². The molecule has 1 amide bonds. The van der Waals surface area contributed by atoms with Gasteiger partial charge < -0.3 is 19.5 Å². The number of nitriles is 1. The van der Waals surface area contributed by atoms with Crippen molar-refractivity contribution >= 4 is 27.9 Å². The average molecular weight is 459 g/mol. The normalized spacial score (nSPS) is 10.8. The first kappa shape index (κ1) is 22.3. The third kappa shape index (κ3) is 6.26. The molecule has 2 aromatic carbocycles. The van der Waals surface area contributed by atoms with Gasteiger partial charge in [0.15, 0.2) is 11.5 Å². The first-order valence-corrected chi connectivity index (χ1v) is 9.93. The zero-order chi connectivity index (χ0) is 21.2. The van der Waals surface area contributed by atoms with Crippen LogP contribution in [0.5, 0.6) is 17.2 Å². The highest BCUT2D eigenvalue weighted by atomic mass is 79.9. The van der Waals surface area contributed by atoms with Gasteiger partial charge in [0.2, 0.25) is 0 Å². The van der Waals surface area contributed by atoms with Gasteiger partial charge in [-0.05, 0) is 55.3 Å². The van der Waals surface area contributed by atoms with Crippen molar-refractivity contribution in [2.45, 2.75) is 20.4 Å². The Balaban J connectivity index is 2.19. The fourth-order valence-corrected chi connectivity index (χ4v) is 2.96. The van der Waals surface area contributed by atoms with E-state index in [-0.39, 0.29) is 5.57 Å². The lowest BCUT2D eigenvalue weighted by Gasteiger charge is -2.13. The first-order valence-electron chi connectivity index (χ1n) is 9.14. The maximum absolute atomic E-state index is 12.5. The standard InChI is InChI=1S/C22H23BrN2O4/c1-4-28-20-11-16(19(23)12-21(20)29-5-2)10-17(13-24)22(26)25-14-15-6-8-18(27-3)9-7-15/h6-12H,4-5,14H2,1-3H3,(H,25,26)/b17-10-. The average Bonchev–Trinajstić information content (AvgIpc) is 2.73. The van der Waals surface area contributed by atoms with E-state index in [1.54, 1.807) is 19.2 Å². The van der Waals surface area contributed by atoms with Crippen molar-refractivity contribution in [1.82, 2.24) is 5.32 Å². The van der Waals surface area contributed by atoms with Crippen LogP contribution in [0.1, 0.15) is 25.0 Å². The molecule has 0 unspecified atom stereocenters. The van der Waals surface area contributed by atoms with Crippen molar-refractivity contribution in [1.29, 1.82) is 5.26 Å². The van der Waals surface area contributed by atoms with Crippen LogP contribution in [0.15, 0.2) is 46.4 Å². The molecule has 6 nitrogen and oxygen atoms in total. The highest BCUT2D eigenvalue weighted by molar-refractivity contribution is 9.10. The number of nitrogens with one attached hydrogen (secondary N) is 1. The van der Waals surface area contributed by atoms with E-state index in [9.17, 15) is 10.1 Å². The highest BCUT2D eigenvalue weighted by Crippen LogP contribution is 2.35. The number of amides is 1. The predicted molar refractivity (Wildman–Crippen MR) is 115 cm³/mol. The summed E-state index contributed by atoms with van der Waals surface area (Å²) in [5.41, 5.74) is 1.54. The summed E-state index contributed by atoms with van der Waals surface area (Å²) in [5.74, 6) is 1.44. The smallest absolute Gasteiger partial charge is 0.262 e. The summed E-state index contributed by atoms with van der Waals surface area (Å²) >= 11 is 3.47. The van der Waals surface area contributed by atoms with E-state index in [2.05, 4.69) is 21.2 Å². The number of hydrogen-bond acceptors (Lipinski definition) is 5. The van der Waals surface area contributed by atoms with Gasteiger partial charge in [0, 0.05) is 11.0 Å². The van der Waals surface area contributed by atoms with Gasteiger partial charge >= 0.3 is 0 Å². The number of benzene rings is 2. The monoisotopic (exact) mass is 458 g/mol. The molecule has 0 spiro atoms. The van der Waals surface area contributed by atoms with Crippen LogP contribution in [-0.4, -0.2) is 26.2 Å². The molecular formula is C22H23BrN2O4. The number of carbonyl (C=O) groups is 1. The van der Waals surface area contributed by atoms with Gasteiger partial charge in [0.1, 0.15) is 17.4 Å². The van der Waals surface area contributed by atoms with E-state index in [0.29, 0.717) is 41.3 Å². The molecule has 0 heterocycles. The van der Waals surface area contributed by atoms with E-state index in [4.69, 9.17) is 14.2 Å². The van der Waals surface area contributed by atoms with E-state index in [0.717, 1.165) is 11.3 Å². The Bertz CT molecular complexity index is 918. The molecule has 0 aliphatic heterocycles. The minimum atomic E-state index is -0.456. The zero-order valence-corrected chi connectivity index (χ0v) is 18.2. The lowest BCUT2D eigenvalue weighted by Crippen LogP contribution is -2.23. The number of nitrogens with zero attached hydrogens (tertiary/aromatic N) is 1. The molecule has 0 saturated heterocycles. The number of halogens is 1. The SMILES string of the molecule is CCOc1cc(Br)c(/C=C(/C#N)C(=O)NCc2ccc(OC)cc2)cc1OCC. The van der Waals surface area contributed by atoms with Crippen LogP contribution in [0.2, 0.25) is 0 Å². The van der Waals surface area contributed by atoms with Crippen molar-refractivity contribution in [2.75, 3.05) is 20.3 Å². The lowest BCUT2D eigenvalue weighted by atomic mass is 10.1. The predicted octanol–water partition coefficient (Wildman–Crippen LogP) is 4.48. The second-order valence-electron chi connectivity index (χ2n) is 5.89. The molecule has 0 aliphatic carbocycles. The van der Waals surface area contributed by atoms with E-state index >= 15 is 0 Å². The zero-order valence-electron chi connectivity index (χ0n) is 16.6. The maximum Gasteiger partial charge on any atom is 0.262 e. The molecular weight excluding hydrogens is 436 g/mol. The number of rotatable bonds is 9. The van der Waals surface area contributed by atoms with Crippen molar-refractivity contribution < 1.29 is 19.0 Å². The molecule has 152 valence electrons. The Morgan fingerprint density at radius 2 is 1.76 bits per heavy atom. The fraction of sp³-hybridized carbons (Fsp3) is 0.273. The summed E-state index contributed by atoms with van der Waals surface area (Å²) < 4.78 is 17.0. The molecule has 0 saturated carbocycles. The number of carbonyl (C=O) groups excluding carboxylic acids is 1. The summed E-state index contributed by atoms with van der Waals surface area (Å²) in [6.07, 6.45) is 1.52. The van der Waals surface area contributed by atoms with Gasteiger partial charge in [0.25, 0.3) is 5.91 Å². The van der Waals surface area contributed by atoms with E-state index in [1.807, 2.05) is 44.2 Å². The third-order valence-electron chi connectivity index (χ3n) is 3.94. The fourth-order valence-electron chi connectivity index (χ4n) is 2.52. The molecule has 0 fully saturated rings. The summed E-state index contributed by atoms with van der Waals surface area (Å²) in [7, 11) is 1.59. The van der Waals surface area contributed by atoms with Gasteiger partial charge in [-0.15, -0.1) is 0 Å². The van der Waals surface area contributed by atoms with Crippen molar-refractivity contribution in [3.05, 3.63) is 57.6 Å². The van der Waals surface area contributed by atoms with Crippen LogP contribution in [0.4, 0.5) is 0 Å². The second kappa shape index (κ2) is 11.1. The van der Waals surface area contributed by atoms with E-state index < -0.39 is 5.91 Å². The van der Waals surface area contributed by atoms with Crippen LogP contribution in [0.25, 0.3) is 6.08 Å². The third-order valence-corrected chi connectivity index (χ3v) is 4.63. The molecule has 29 heavy (non-hydrogen) atoms. The minimum Gasteiger partial charge on any atom is -0.497 e. The summed E-state index contributed by atoms with van der Waals surface area (Å²) in [5, 5.41) is 12.2. The Morgan fingerprint density at radius 3 is 2.31 bits per heavy atom. The van der Waals surface area contributed by atoms with Gasteiger partial charge in [0.05, 0.1) is 20.3 Å². The van der Waals surface area contributed by atoms with Crippen molar-refractivity contribution in [2.24, 2.45) is 0 Å². The molecule has 7 heteroatoms. The summed E-state index contributed by atoms with van der Waals surface area (Å²) in [6, 6.07) is 12.8. The first-order chi connectivity index (χ1) is 14.0. The van der Waals surface area contributed by atoms with Crippen molar-refractivity contribution in [3.63, 3.8) is 0 Å². The minimum absolute atomic E-state index is 0.00850. The Morgan fingerprint density at radius 1 is 1.14 bits per heavy atom. The van der Waals surface area contributed by atoms with Crippen LogP contribution >= 0.6 is 15.9 Å². The molecule has 0 aliphatic rings. The molecule has 2 rings (SSSR count). The number of ether oxygens (including phenoxy) is 3. The van der Waals surface area contributed by atoms with Gasteiger partial charge in [-0.2, -0.15) is 5.26 Å². The van der Waals surface area contributed by atoms with Gasteiger partial charge in [-0.3, -0.25) is 4.79 Å². The molecule has 0 atom stereocenters. The summed E-state index contributed by atoms with van der Waals surface area (Å²) in [4.78, 5) is 12.5. The number of hydrogen-bond donors (Lipinski definition) is 1. The highest BCUT2D eigenvalue weighted by Gasteiger charge is 2.13. The molecule has 0 bridgehead atoms. The number of methoxy groups -OCH3 is 1. The molecule has 0 radical (unpaired) electrons. The Kier molecular flexibility index (Phi) is 8.56. The summed E-state index contributed by atoms with van der Waals surface area (Å²) in [6.45, 7) is 5.03. The molecule has 0 aromatic heterocycles. The van der Waals surface area contributed by atoms with Crippen LogP contribution < -0.4 is 19.5 Å². The van der Waals surface area contributed by atoms with Gasteiger partial charge in [-0.25, -0.2) is 0 Å².